The summed E-state index contributed by atoms with van der Waals surface area (Å²) in [7, 11) is 3.50. The molecule has 0 aliphatic heterocycles. The molecule has 0 fully saturated rings. The van der Waals surface area contributed by atoms with E-state index in [1.807, 2.05) is 38.2 Å². The van der Waals surface area contributed by atoms with E-state index in [0.29, 0.717) is 5.56 Å². The van der Waals surface area contributed by atoms with E-state index < -0.39 is 0 Å². The van der Waals surface area contributed by atoms with Crippen molar-refractivity contribution in [3.05, 3.63) is 53.3 Å². The predicted octanol–water partition coefficient (Wildman–Crippen LogP) is 3.53. The maximum absolute atomic E-state index is 14.0. The fourth-order valence-electron chi connectivity index (χ4n) is 2.16. The lowest BCUT2D eigenvalue weighted by Gasteiger charge is -2.11. The van der Waals surface area contributed by atoms with Crippen LogP contribution >= 0.6 is 0 Å². The van der Waals surface area contributed by atoms with Crippen LogP contribution in [-0.4, -0.2) is 14.2 Å². The van der Waals surface area contributed by atoms with Crippen LogP contribution in [0, 0.1) is 12.7 Å². The molecule has 2 nitrogen and oxygen atoms in total. The summed E-state index contributed by atoms with van der Waals surface area (Å²) in [4.78, 5) is 0. The molecule has 0 heterocycles. The Kier molecular flexibility index (Phi) is 4.17. The third kappa shape index (κ3) is 2.93. The maximum Gasteiger partial charge on any atom is 0.131 e. The van der Waals surface area contributed by atoms with Gasteiger partial charge >= 0.3 is 0 Å². The van der Waals surface area contributed by atoms with Gasteiger partial charge in [0.05, 0.1) is 7.11 Å². The number of hydrogen-bond acceptors (Lipinski definition) is 2. The molecule has 0 amide bonds. The van der Waals surface area contributed by atoms with Gasteiger partial charge in [0.15, 0.2) is 0 Å². The van der Waals surface area contributed by atoms with Gasteiger partial charge in [-0.25, -0.2) is 4.39 Å². The first kappa shape index (κ1) is 13.6. The minimum atomic E-state index is -0.201. The first-order chi connectivity index (χ1) is 9.15. The Balaban J connectivity index is 2.48. The van der Waals surface area contributed by atoms with Crippen LogP contribution in [0.15, 0.2) is 36.4 Å². The van der Waals surface area contributed by atoms with Gasteiger partial charge in [-0.05, 0) is 54.9 Å². The summed E-state index contributed by atoms with van der Waals surface area (Å²) in [5.74, 6) is 0.584. The molecule has 100 valence electrons. The second-order valence-corrected chi connectivity index (χ2v) is 4.53. The molecule has 0 unspecified atom stereocenters. The zero-order valence-electron chi connectivity index (χ0n) is 11.5. The molecule has 0 aliphatic carbocycles. The van der Waals surface area contributed by atoms with E-state index in [9.17, 15) is 4.39 Å². The van der Waals surface area contributed by atoms with Crippen molar-refractivity contribution in [2.45, 2.75) is 13.5 Å². The summed E-state index contributed by atoms with van der Waals surface area (Å²) in [6.45, 7) is 2.69. The van der Waals surface area contributed by atoms with Gasteiger partial charge in [0.1, 0.15) is 11.6 Å². The van der Waals surface area contributed by atoms with E-state index in [1.165, 1.54) is 6.07 Å². The largest absolute Gasteiger partial charge is 0.497 e. The zero-order chi connectivity index (χ0) is 13.8. The Morgan fingerprint density at radius 2 is 1.89 bits per heavy atom. The molecule has 0 atom stereocenters. The molecule has 2 aromatic rings. The average Bonchev–Trinajstić information content (AvgIpc) is 2.41. The fourth-order valence-corrected chi connectivity index (χ4v) is 2.16. The summed E-state index contributed by atoms with van der Waals surface area (Å²) < 4.78 is 19.2. The smallest absolute Gasteiger partial charge is 0.131 e. The van der Waals surface area contributed by atoms with Crippen molar-refractivity contribution in [2.24, 2.45) is 0 Å². The molecule has 1 N–H and O–H groups in total. The molecule has 2 rings (SSSR count). The monoisotopic (exact) mass is 259 g/mol. The fraction of sp³-hybridized carbons (Fsp3) is 0.250. The molecule has 0 saturated heterocycles. The molecule has 0 radical (unpaired) electrons. The Bertz CT molecular complexity index is 581. The number of nitrogens with one attached hydrogen (secondary N) is 1. The molecular weight excluding hydrogens is 241 g/mol. The standard InChI is InChI=1S/C16H18FNO/c1-11-8-13(19-3)5-6-14(11)15-9-12(10-18-2)4-7-16(15)17/h4-9,18H,10H2,1-3H3. The molecular formula is C16H18FNO. The first-order valence-electron chi connectivity index (χ1n) is 6.23. The van der Waals surface area contributed by atoms with Gasteiger partial charge in [0.2, 0.25) is 0 Å². The SMILES string of the molecule is CNCc1ccc(F)c(-c2ccc(OC)cc2C)c1. The van der Waals surface area contributed by atoms with Crippen molar-refractivity contribution in [1.82, 2.24) is 5.32 Å². The van der Waals surface area contributed by atoms with E-state index in [4.69, 9.17) is 4.74 Å². The summed E-state index contributed by atoms with van der Waals surface area (Å²) >= 11 is 0. The lowest BCUT2D eigenvalue weighted by atomic mass is 9.98. The van der Waals surface area contributed by atoms with Gasteiger partial charge in [0.25, 0.3) is 0 Å². The highest BCUT2D eigenvalue weighted by molar-refractivity contribution is 5.69. The normalized spacial score (nSPS) is 10.5. The van der Waals surface area contributed by atoms with E-state index in [-0.39, 0.29) is 5.82 Å². The number of hydrogen-bond donors (Lipinski definition) is 1. The molecule has 2 aromatic carbocycles. The second-order valence-electron chi connectivity index (χ2n) is 4.53. The Hall–Kier alpha value is -1.87. The summed E-state index contributed by atoms with van der Waals surface area (Å²) in [5.41, 5.74) is 3.60. The van der Waals surface area contributed by atoms with Crippen molar-refractivity contribution >= 4 is 0 Å². The summed E-state index contributed by atoms with van der Waals surface area (Å²) in [6, 6.07) is 10.9. The maximum atomic E-state index is 14.0. The van der Waals surface area contributed by atoms with E-state index >= 15 is 0 Å². The van der Waals surface area contributed by atoms with Crippen LogP contribution in [0.2, 0.25) is 0 Å². The number of rotatable bonds is 4. The number of benzene rings is 2. The van der Waals surface area contributed by atoms with Crippen molar-refractivity contribution in [2.75, 3.05) is 14.2 Å². The number of aryl methyl sites for hydroxylation is 1. The molecule has 0 aliphatic rings. The van der Waals surface area contributed by atoms with E-state index in [0.717, 1.165) is 29.0 Å². The summed E-state index contributed by atoms with van der Waals surface area (Å²) in [5, 5.41) is 3.07. The lowest BCUT2D eigenvalue weighted by molar-refractivity contribution is 0.414. The third-order valence-electron chi connectivity index (χ3n) is 3.14. The molecule has 0 aromatic heterocycles. The molecule has 0 saturated carbocycles. The highest BCUT2D eigenvalue weighted by Gasteiger charge is 2.09. The van der Waals surface area contributed by atoms with Crippen molar-refractivity contribution in [1.29, 1.82) is 0 Å². The Morgan fingerprint density at radius 3 is 2.53 bits per heavy atom. The van der Waals surface area contributed by atoms with Crippen molar-refractivity contribution < 1.29 is 9.13 Å². The van der Waals surface area contributed by atoms with E-state index in [2.05, 4.69) is 5.32 Å². The second kappa shape index (κ2) is 5.85. The minimum absolute atomic E-state index is 0.201. The Morgan fingerprint density at radius 1 is 1.11 bits per heavy atom. The molecule has 0 bridgehead atoms. The number of ether oxygens (including phenoxy) is 1. The van der Waals surface area contributed by atoms with Gasteiger partial charge < -0.3 is 10.1 Å². The number of halogens is 1. The van der Waals surface area contributed by atoms with Crippen LogP contribution in [-0.2, 0) is 6.54 Å². The van der Waals surface area contributed by atoms with E-state index in [1.54, 1.807) is 13.2 Å². The average molecular weight is 259 g/mol. The van der Waals surface area contributed by atoms with Crippen molar-refractivity contribution in [3.8, 4) is 16.9 Å². The van der Waals surface area contributed by atoms with Gasteiger partial charge in [-0.2, -0.15) is 0 Å². The Labute approximate surface area is 113 Å². The van der Waals surface area contributed by atoms with Crippen molar-refractivity contribution in [3.63, 3.8) is 0 Å². The van der Waals surface area contributed by atoms with Gasteiger partial charge in [-0.15, -0.1) is 0 Å². The highest BCUT2D eigenvalue weighted by Crippen LogP contribution is 2.29. The predicted molar refractivity (Wildman–Crippen MR) is 75.9 cm³/mol. The molecule has 0 spiro atoms. The van der Waals surface area contributed by atoms with Crippen LogP contribution in [0.4, 0.5) is 4.39 Å². The molecule has 19 heavy (non-hydrogen) atoms. The topological polar surface area (TPSA) is 21.3 Å². The first-order valence-corrected chi connectivity index (χ1v) is 6.23. The van der Waals surface area contributed by atoms with Gasteiger partial charge in [0, 0.05) is 12.1 Å². The quantitative estimate of drug-likeness (QED) is 0.907. The van der Waals surface area contributed by atoms with Crippen LogP contribution in [0.1, 0.15) is 11.1 Å². The highest BCUT2D eigenvalue weighted by atomic mass is 19.1. The zero-order valence-corrected chi connectivity index (χ0v) is 11.5. The number of methoxy groups -OCH3 is 1. The van der Waals surface area contributed by atoms with Crippen LogP contribution in [0.25, 0.3) is 11.1 Å². The van der Waals surface area contributed by atoms with Gasteiger partial charge in [-0.1, -0.05) is 12.1 Å². The summed E-state index contributed by atoms with van der Waals surface area (Å²) in [6.07, 6.45) is 0. The van der Waals surface area contributed by atoms with Gasteiger partial charge in [-0.3, -0.25) is 0 Å². The van der Waals surface area contributed by atoms with Crippen LogP contribution in [0.3, 0.4) is 0 Å². The van der Waals surface area contributed by atoms with Crippen LogP contribution < -0.4 is 10.1 Å². The van der Waals surface area contributed by atoms with Crippen LogP contribution in [0.5, 0.6) is 5.75 Å². The lowest BCUT2D eigenvalue weighted by Crippen LogP contribution is -2.05. The minimum Gasteiger partial charge on any atom is -0.497 e. The third-order valence-corrected chi connectivity index (χ3v) is 3.14. The molecule has 3 heteroatoms.